The van der Waals surface area contributed by atoms with Crippen LogP contribution in [0.25, 0.3) is 0 Å². The fraction of sp³-hybridized carbons (Fsp3) is 1.00. The lowest BCUT2D eigenvalue weighted by Crippen LogP contribution is -2.78. The highest BCUT2D eigenvalue weighted by molar-refractivity contribution is 6.65. The van der Waals surface area contributed by atoms with Crippen LogP contribution in [0.4, 0.5) is 0 Å². The third-order valence-electron chi connectivity index (χ3n) is 46.9. The Labute approximate surface area is 736 Å². The Morgan fingerprint density at radius 2 is 0.563 bits per heavy atom. The van der Waals surface area contributed by atoms with Crippen LogP contribution in [-0.4, -0.2) is 98.8 Å². The predicted molar refractivity (Wildman–Crippen MR) is 502 cm³/mol. The molecule has 4 nitrogen and oxygen atoms in total. The van der Waals surface area contributed by atoms with Crippen molar-refractivity contribution in [2.75, 3.05) is 0 Å². The zero-order chi connectivity index (χ0) is 79.8. The van der Waals surface area contributed by atoms with E-state index in [0.29, 0.717) is 10.8 Å². The summed E-state index contributed by atoms with van der Waals surface area (Å²) in [5.74, 6) is 26.6. The van der Waals surface area contributed by atoms with Crippen molar-refractivity contribution in [3.8, 4) is 0 Å². The molecule has 0 aromatic carbocycles. The predicted octanol–water partition coefficient (Wildman–Crippen LogP) is 30.5. The maximum atomic E-state index is 4.12. The fourth-order valence-electron chi connectivity index (χ4n) is 42.3. The van der Waals surface area contributed by atoms with E-state index < -0.39 is 0 Å². The largest absolute Gasteiger partial charge is 0.295 e. The standard InChI is InChI=1S/C114H191BN4/c1-113(2,3)86-65-83-51-52-84-66-87(114(4,5)6)70-99-98(68-85(67-86)108(83)109(84)99)82-57-63-100-104(69-82)118(111-92(78-35-17-9-18-36-78)45-29-46-93(111)79-37-19-10-20-38-79)106-72-91(116(88-58-53-76(54-59-88)74-31-13-7-14-32-74)89-60-55-77(56-61-89)75-33-15-8-16-34-75)73-107-110(106)115(100)101-64-62-90(117-102-49-27-25-43-96(102)97-44-26-28-50-103(97)117)71-105(101)119(107)112-94(80-39-21-11-22-40-80)47-30-48-95(112)81-41-23-12-24-42-81/h74-112H,7-73H2,1-6H3. The number of nitrogens with zero attached hydrogens (tertiary/aromatic N) is 4. The third-order valence-corrected chi connectivity index (χ3v) is 46.9. The van der Waals surface area contributed by atoms with Crippen molar-refractivity contribution in [2.24, 2.45) is 153 Å². The first-order chi connectivity index (χ1) is 58.3. The minimum atomic E-state index is 0.425. The molecule has 22 fully saturated rings. The topological polar surface area (TPSA) is 13.0 Å². The summed E-state index contributed by atoms with van der Waals surface area (Å²) in [4.78, 5) is 15.6. The summed E-state index contributed by atoms with van der Waals surface area (Å²) >= 11 is 0. The lowest BCUT2D eigenvalue weighted by Gasteiger charge is -2.73. The minimum absolute atomic E-state index is 0.425. The quantitative estimate of drug-likeness (QED) is 0.170. The van der Waals surface area contributed by atoms with Gasteiger partial charge in [-0.15, -0.1) is 0 Å². The molecule has 5 heteroatoms. The van der Waals surface area contributed by atoms with Crippen LogP contribution in [0.3, 0.4) is 0 Å². The molecule has 3 aliphatic heterocycles. The van der Waals surface area contributed by atoms with E-state index in [9.17, 15) is 0 Å². The average Bonchev–Trinajstić information content (AvgIpc) is 0.998. The average molecular weight is 1630 g/mol. The van der Waals surface area contributed by atoms with E-state index >= 15 is 0 Å². The van der Waals surface area contributed by atoms with Gasteiger partial charge in [0.2, 0.25) is 0 Å². The van der Waals surface area contributed by atoms with Crippen LogP contribution in [0.15, 0.2) is 0 Å². The highest BCUT2D eigenvalue weighted by atomic mass is 15.3. The second-order valence-corrected chi connectivity index (χ2v) is 53.4. The van der Waals surface area contributed by atoms with Crippen molar-refractivity contribution in [1.82, 2.24) is 19.6 Å². The zero-order valence-corrected chi connectivity index (χ0v) is 79.3. The van der Waals surface area contributed by atoms with Gasteiger partial charge in [-0.3, -0.25) is 19.6 Å². The van der Waals surface area contributed by atoms with E-state index in [2.05, 4.69) is 61.1 Å². The Morgan fingerprint density at radius 1 is 0.210 bits per heavy atom. The van der Waals surface area contributed by atoms with Crippen LogP contribution >= 0.6 is 0 Å². The zero-order valence-electron chi connectivity index (χ0n) is 79.3. The van der Waals surface area contributed by atoms with Crippen molar-refractivity contribution in [2.45, 2.75) is 562 Å². The molecule has 19 saturated carbocycles. The number of hydrogen-bond acceptors (Lipinski definition) is 4. The maximum Gasteiger partial charge on any atom is 0.156 e. The van der Waals surface area contributed by atoms with Gasteiger partial charge in [0.1, 0.15) is 0 Å². The van der Waals surface area contributed by atoms with Crippen LogP contribution in [0.1, 0.15) is 472 Å². The van der Waals surface area contributed by atoms with Gasteiger partial charge in [-0.25, -0.2) is 0 Å². The molecule has 0 amide bonds. The summed E-state index contributed by atoms with van der Waals surface area (Å²) in [5, 5.41) is 0. The molecule has 27 unspecified atom stereocenters. The summed E-state index contributed by atoms with van der Waals surface area (Å²) in [6.07, 6.45) is 106. The van der Waals surface area contributed by atoms with Gasteiger partial charge in [0, 0.05) is 72.5 Å². The van der Waals surface area contributed by atoms with Crippen LogP contribution in [0, 0.1) is 153 Å². The molecule has 3 heterocycles. The van der Waals surface area contributed by atoms with Crippen molar-refractivity contribution in [3.63, 3.8) is 0 Å². The molecule has 0 bridgehead atoms. The van der Waals surface area contributed by atoms with Crippen LogP contribution in [0.5, 0.6) is 0 Å². The molecule has 3 saturated heterocycles. The SMILES string of the molecule is CC(C)(C)C1CC2CCC3CC(C(C)(C)C)CC4C(C5CCC6B7C8CCC(N9C%10CCCCC%10C%10CCCCC%109)CC8N(C8C(C9CCCCC9)CCCC8C8CCCCC8)C8CC(N(C9CCC(C%10CCCCC%10)CC9)C9CCC(C%10CCCCC%10)CC9)CC(C78)N(C7C(C8CCCCC8)CCCC7C7CCCCC7)C6C5)CC(C1)C2C34. The molecular formula is C114H191BN4. The molecule has 22 rings (SSSR count). The monoisotopic (exact) mass is 1630 g/mol. The molecule has 119 heavy (non-hydrogen) atoms. The lowest BCUT2D eigenvalue weighted by molar-refractivity contribution is -0.159. The Kier molecular flexibility index (Phi) is 25.7. The Balaban J connectivity index is 0.734. The first kappa shape index (κ1) is 84.4. The molecular weight excluding hydrogens is 1440 g/mol. The van der Waals surface area contributed by atoms with Gasteiger partial charge < -0.3 is 0 Å². The molecule has 19 aliphatic carbocycles. The molecule has 0 N–H and O–H groups in total. The Hall–Kier alpha value is -0.0951. The molecule has 0 aromatic heterocycles. The first-order valence-electron chi connectivity index (χ1n) is 57.4. The molecule has 22 aliphatic rings. The summed E-state index contributed by atoms with van der Waals surface area (Å²) in [7, 11) is 0. The lowest BCUT2D eigenvalue weighted by atomic mass is 9.18. The van der Waals surface area contributed by atoms with E-state index in [0.717, 1.165) is 239 Å². The Bertz CT molecular complexity index is 3110. The van der Waals surface area contributed by atoms with E-state index in [1.54, 1.807) is 379 Å². The van der Waals surface area contributed by atoms with Gasteiger partial charge >= 0.3 is 0 Å². The first-order valence-corrected chi connectivity index (χ1v) is 57.4. The maximum absolute atomic E-state index is 4.12. The highest BCUT2D eigenvalue weighted by Crippen LogP contribution is 2.72. The van der Waals surface area contributed by atoms with Crippen LogP contribution in [0.2, 0.25) is 17.5 Å². The second kappa shape index (κ2) is 36.2. The normalized spacial score (nSPS) is 49.0. The number of likely N-dealkylation sites (tertiary alicyclic amines) is 1. The van der Waals surface area contributed by atoms with Gasteiger partial charge in [0.15, 0.2) is 6.71 Å². The molecule has 27 atom stereocenters. The molecule has 0 aromatic rings. The molecule has 0 radical (unpaired) electrons. The van der Waals surface area contributed by atoms with Gasteiger partial charge in [-0.1, -0.05) is 292 Å². The van der Waals surface area contributed by atoms with Crippen molar-refractivity contribution in [1.29, 1.82) is 0 Å². The Morgan fingerprint density at radius 3 is 1.01 bits per heavy atom. The van der Waals surface area contributed by atoms with E-state index in [4.69, 9.17) is 0 Å². The smallest absolute Gasteiger partial charge is 0.156 e. The second-order valence-electron chi connectivity index (χ2n) is 53.4. The van der Waals surface area contributed by atoms with Gasteiger partial charge in [0.05, 0.1) is 0 Å². The van der Waals surface area contributed by atoms with E-state index in [1.165, 1.54) is 51.4 Å². The highest BCUT2D eigenvalue weighted by Gasteiger charge is 2.71. The van der Waals surface area contributed by atoms with Gasteiger partial charge in [0.25, 0.3) is 0 Å². The van der Waals surface area contributed by atoms with Crippen LogP contribution in [-0.2, 0) is 0 Å². The summed E-state index contributed by atoms with van der Waals surface area (Å²) in [6.45, 7) is 17.4. The van der Waals surface area contributed by atoms with Crippen molar-refractivity contribution in [3.05, 3.63) is 0 Å². The van der Waals surface area contributed by atoms with Crippen molar-refractivity contribution < 1.29 is 0 Å². The summed E-state index contributed by atoms with van der Waals surface area (Å²) in [6, 6.07) is 10.1. The fourth-order valence-corrected chi connectivity index (χ4v) is 42.3. The third kappa shape index (κ3) is 16.2. The van der Waals surface area contributed by atoms with Gasteiger partial charge in [-0.05, 0) is 350 Å². The van der Waals surface area contributed by atoms with E-state index in [1.807, 2.05) is 0 Å². The summed E-state index contributed by atoms with van der Waals surface area (Å²) < 4.78 is 0. The molecule has 670 valence electrons. The van der Waals surface area contributed by atoms with Crippen LogP contribution < -0.4 is 0 Å². The van der Waals surface area contributed by atoms with Crippen molar-refractivity contribution >= 4 is 6.71 Å². The van der Waals surface area contributed by atoms with E-state index in [-0.39, 0.29) is 0 Å². The minimum Gasteiger partial charge on any atom is -0.295 e. The molecule has 0 spiro atoms. The van der Waals surface area contributed by atoms with Gasteiger partial charge in [-0.2, -0.15) is 0 Å². The summed E-state index contributed by atoms with van der Waals surface area (Å²) in [5.41, 5.74) is 0.865. The number of fused-ring (bicyclic) bond motifs is 7. The number of hydrogen-bond donors (Lipinski definition) is 0. The number of rotatable bonds is 13.